The van der Waals surface area contributed by atoms with E-state index in [9.17, 15) is 0 Å². The summed E-state index contributed by atoms with van der Waals surface area (Å²) in [6, 6.07) is 11.0. The van der Waals surface area contributed by atoms with Crippen molar-refractivity contribution in [3.8, 4) is 6.07 Å². The monoisotopic (exact) mass is 291 g/mol. The minimum Gasteiger partial charge on any atom is -0.326 e. The van der Waals surface area contributed by atoms with Crippen molar-refractivity contribution < 1.29 is 0 Å². The standard InChI is InChI=1S/C16H22ClN3/c1-2-15(19)16(12-4-6-13(17)7-5-12)20(11-3-10-18)14-8-9-14/h4-7,14-16H,2-3,8-9,11,19H2,1H3. The van der Waals surface area contributed by atoms with E-state index in [-0.39, 0.29) is 12.1 Å². The van der Waals surface area contributed by atoms with Gasteiger partial charge in [0.1, 0.15) is 0 Å². The Kier molecular flexibility index (Phi) is 5.42. The first kappa shape index (κ1) is 15.3. The van der Waals surface area contributed by atoms with Crippen molar-refractivity contribution in [3.05, 3.63) is 34.9 Å². The molecule has 0 aromatic heterocycles. The van der Waals surface area contributed by atoms with E-state index >= 15 is 0 Å². The average molecular weight is 292 g/mol. The molecule has 3 nitrogen and oxygen atoms in total. The summed E-state index contributed by atoms with van der Waals surface area (Å²) in [4.78, 5) is 2.42. The highest BCUT2D eigenvalue weighted by atomic mass is 35.5. The summed E-state index contributed by atoms with van der Waals surface area (Å²) >= 11 is 5.98. The average Bonchev–Trinajstić information content (AvgIpc) is 3.28. The molecule has 1 aliphatic rings. The van der Waals surface area contributed by atoms with E-state index in [1.54, 1.807) is 0 Å². The maximum atomic E-state index is 8.88. The molecule has 0 spiro atoms. The predicted molar refractivity (Wildman–Crippen MR) is 82.4 cm³/mol. The zero-order chi connectivity index (χ0) is 14.5. The van der Waals surface area contributed by atoms with Gasteiger partial charge in [0.25, 0.3) is 0 Å². The molecule has 0 heterocycles. The number of hydrogen-bond donors (Lipinski definition) is 1. The summed E-state index contributed by atoms with van der Waals surface area (Å²) < 4.78 is 0. The molecular formula is C16H22ClN3. The highest BCUT2D eigenvalue weighted by molar-refractivity contribution is 6.30. The molecule has 0 bridgehead atoms. The molecule has 0 radical (unpaired) electrons. The lowest BCUT2D eigenvalue weighted by Crippen LogP contribution is -2.42. The first-order valence-electron chi connectivity index (χ1n) is 7.31. The van der Waals surface area contributed by atoms with E-state index in [1.165, 1.54) is 18.4 Å². The van der Waals surface area contributed by atoms with Crippen LogP contribution in [0.2, 0.25) is 5.02 Å². The second kappa shape index (κ2) is 7.08. The van der Waals surface area contributed by atoms with Crippen LogP contribution in [-0.2, 0) is 0 Å². The van der Waals surface area contributed by atoms with Crippen LogP contribution in [0, 0.1) is 11.3 Å². The molecule has 2 atom stereocenters. The summed E-state index contributed by atoms with van der Waals surface area (Å²) in [5, 5.41) is 9.62. The Bertz CT molecular complexity index is 462. The normalized spacial score (nSPS) is 17.8. The van der Waals surface area contributed by atoms with Crippen molar-refractivity contribution in [3.63, 3.8) is 0 Å². The Morgan fingerprint density at radius 2 is 2.05 bits per heavy atom. The zero-order valence-corrected chi connectivity index (χ0v) is 12.7. The fourth-order valence-corrected chi connectivity index (χ4v) is 2.83. The Morgan fingerprint density at radius 1 is 1.40 bits per heavy atom. The van der Waals surface area contributed by atoms with Gasteiger partial charge in [-0.3, -0.25) is 4.90 Å². The van der Waals surface area contributed by atoms with Gasteiger partial charge in [0.15, 0.2) is 0 Å². The lowest BCUT2D eigenvalue weighted by atomic mass is 9.96. The number of nitrogens with two attached hydrogens (primary N) is 1. The van der Waals surface area contributed by atoms with Gasteiger partial charge in [-0.25, -0.2) is 0 Å². The number of hydrogen-bond acceptors (Lipinski definition) is 3. The van der Waals surface area contributed by atoms with E-state index in [0.717, 1.165) is 18.0 Å². The van der Waals surface area contributed by atoms with Crippen LogP contribution in [0.25, 0.3) is 0 Å². The number of nitrogens with zero attached hydrogens (tertiary/aromatic N) is 2. The molecular weight excluding hydrogens is 270 g/mol. The third-order valence-electron chi connectivity index (χ3n) is 3.94. The van der Waals surface area contributed by atoms with Gasteiger partial charge in [-0.1, -0.05) is 30.7 Å². The molecule has 1 fully saturated rings. The van der Waals surface area contributed by atoms with Crippen molar-refractivity contribution >= 4 is 11.6 Å². The van der Waals surface area contributed by atoms with Gasteiger partial charge in [0, 0.05) is 30.1 Å². The molecule has 108 valence electrons. The van der Waals surface area contributed by atoms with Crippen LogP contribution in [0.1, 0.15) is 44.2 Å². The lowest BCUT2D eigenvalue weighted by molar-refractivity contribution is 0.163. The van der Waals surface area contributed by atoms with Crippen LogP contribution in [-0.4, -0.2) is 23.5 Å². The third-order valence-corrected chi connectivity index (χ3v) is 4.20. The number of rotatable bonds is 7. The first-order valence-corrected chi connectivity index (χ1v) is 7.69. The number of nitriles is 1. The number of halogens is 1. The molecule has 20 heavy (non-hydrogen) atoms. The van der Waals surface area contributed by atoms with E-state index in [0.29, 0.717) is 12.5 Å². The van der Waals surface area contributed by atoms with Gasteiger partial charge >= 0.3 is 0 Å². The molecule has 0 aliphatic heterocycles. The van der Waals surface area contributed by atoms with Crippen LogP contribution in [0.5, 0.6) is 0 Å². The summed E-state index contributed by atoms with van der Waals surface area (Å²) in [7, 11) is 0. The fourth-order valence-electron chi connectivity index (χ4n) is 2.70. The van der Waals surface area contributed by atoms with Gasteiger partial charge in [-0.2, -0.15) is 5.26 Å². The molecule has 4 heteroatoms. The van der Waals surface area contributed by atoms with E-state index < -0.39 is 0 Å². The summed E-state index contributed by atoms with van der Waals surface area (Å²) in [6.45, 7) is 2.91. The van der Waals surface area contributed by atoms with Crippen LogP contribution in [0.4, 0.5) is 0 Å². The molecule has 0 amide bonds. The minimum atomic E-state index is 0.0791. The Hall–Kier alpha value is -1.08. The minimum absolute atomic E-state index is 0.0791. The van der Waals surface area contributed by atoms with Crippen molar-refractivity contribution in [2.75, 3.05) is 6.54 Å². The summed E-state index contributed by atoms with van der Waals surface area (Å²) in [5.74, 6) is 0. The fraction of sp³-hybridized carbons (Fsp3) is 0.562. The van der Waals surface area contributed by atoms with Crippen LogP contribution < -0.4 is 5.73 Å². The Balaban J connectivity index is 2.25. The molecule has 1 aromatic carbocycles. The van der Waals surface area contributed by atoms with Gasteiger partial charge in [0.2, 0.25) is 0 Å². The van der Waals surface area contributed by atoms with Gasteiger partial charge in [-0.15, -0.1) is 0 Å². The van der Waals surface area contributed by atoms with Crippen LogP contribution >= 0.6 is 11.6 Å². The van der Waals surface area contributed by atoms with Gasteiger partial charge < -0.3 is 5.73 Å². The largest absolute Gasteiger partial charge is 0.326 e. The predicted octanol–water partition coefficient (Wildman–Crippen LogP) is 3.50. The number of benzene rings is 1. The van der Waals surface area contributed by atoms with Crippen molar-refractivity contribution in [2.45, 2.75) is 50.7 Å². The molecule has 1 aliphatic carbocycles. The maximum Gasteiger partial charge on any atom is 0.0635 e. The molecule has 1 aromatic rings. The third kappa shape index (κ3) is 3.73. The Morgan fingerprint density at radius 3 is 2.55 bits per heavy atom. The highest BCUT2D eigenvalue weighted by Crippen LogP contribution is 2.36. The van der Waals surface area contributed by atoms with Gasteiger partial charge in [0.05, 0.1) is 12.1 Å². The summed E-state index contributed by atoms with van der Waals surface area (Å²) in [5.41, 5.74) is 7.57. The zero-order valence-electron chi connectivity index (χ0n) is 11.9. The van der Waals surface area contributed by atoms with Crippen molar-refractivity contribution in [2.24, 2.45) is 5.73 Å². The SMILES string of the molecule is CCC(N)C(c1ccc(Cl)cc1)N(CCC#N)C1CC1. The molecule has 0 saturated heterocycles. The van der Waals surface area contributed by atoms with Crippen molar-refractivity contribution in [1.82, 2.24) is 4.90 Å². The quantitative estimate of drug-likeness (QED) is 0.836. The molecule has 1 saturated carbocycles. The Labute approximate surface area is 126 Å². The summed E-state index contributed by atoms with van der Waals surface area (Å²) in [6.07, 6.45) is 3.90. The van der Waals surface area contributed by atoms with Crippen LogP contribution in [0.15, 0.2) is 24.3 Å². The van der Waals surface area contributed by atoms with E-state index in [1.807, 2.05) is 12.1 Å². The van der Waals surface area contributed by atoms with E-state index in [4.69, 9.17) is 22.6 Å². The first-order chi connectivity index (χ1) is 9.67. The van der Waals surface area contributed by atoms with E-state index in [2.05, 4.69) is 30.0 Å². The molecule has 2 unspecified atom stereocenters. The molecule has 2 N–H and O–H groups in total. The highest BCUT2D eigenvalue weighted by Gasteiger charge is 2.36. The molecule has 2 rings (SSSR count). The van der Waals surface area contributed by atoms with Gasteiger partial charge in [-0.05, 0) is 37.0 Å². The smallest absolute Gasteiger partial charge is 0.0635 e. The topological polar surface area (TPSA) is 53.0 Å². The second-order valence-electron chi connectivity index (χ2n) is 5.45. The second-order valence-corrected chi connectivity index (χ2v) is 5.88. The maximum absolute atomic E-state index is 8.88. The van der Waals surface area contributed by atoms with Crippen LogP contribution in [0.3, 0.4) is 0 Å². The lowest BCUT2D eigenvalue weighted by Gasteiger charge is -2.35. The van der Waals surface area contributed by atoms with Crippen molar-refractivity contribution in [1.29, 1.82) is 5.26 Å².